The molecule has 78 valence electrons. The van der Waals surface area contributed by atoms with Crippen molar-refractivity contribution in [1.29, 1.82) is 0 Å². The number of nitrogens with zero attached hydrogens (tertiary/aromatic N) is 1. The quantitative estimate of drug-likeness (QED) is 0.619. The molecule has 0 aromatic rings. The molecule has 0 radical (unpaired) electrons. The van der Waals surface area contributed by atoms with Crippen molar-refractivity contribution in [2.45, 2.75) is 18.4 Å². The summed E-state index contributed by atoms with van der Waals surface area (Å²) in [6.45, 7) is 3.96. The number of hydrogen-bond donors (Lipinski definition) is 2. The maximum absolute atomic E-state index is 9.84. The van der Waals surface area contributed by atoms with E-state index < -0.39 is 5.60 Å². The maximum atomic E-state index is 9.84. The molecule has 1 fully saturated rings. The van der Waals surface area contributed by atoms with Crippen LogP contribution >= 0.6 is 0 Å². The molecule has 0 amide bonds. The zero-order valence-electron chi connectivity index (χ0n) is 8.33. The van der Waals surface area contributed by atoms with Crippen molar-refractivity contribution in [3.63, 3.8) is 0 Å². The van der Waals surface area contributed by atoms with Crippen molar-refractivity contribution in [2.24, 2.45) is 5.73 Å². The topological polar surface area (TPSA) is 58.7 Å². The second-order valence-corrected chi connectivity index (χ2v) is 3.76. The van der Waals surface area contributed by atoms with Gasteiger partial charge >= 0.3 is 0 Å². The van der Waals surface area contributed by atoms with E-state index in [2.05, 4.69) is 4.90 Å². The van der Waals surface area contributed by atoms with Gasteiger partial charge in [0.2, 0.25) is 0 Å². The Morgan fingerprint density at radius 3 is 2.54 bits per heavy atom. The molecular formula is C9H20N2O2. The summed E-state index contributed by atoms with van der Waals surface area (Å²) < 4.78 is 4.99. The van der Waals surface area contributed by atoms with Crippen LogP contribution in [-0.4, -0.2) is 55.5 Å². The summed E-state index contributed by atoms with van der Waals surface area (Å²) >= 11 is 0. The first-order chi connectivity index (χ1) is 6.20. The Kier molecular flexibility index (Phi) is 4.12. The highest BCUT2D eigenvalue weighted by molar-refractivity contribution is 4.86. The number of methoxy groups -OCH3 is 1. The third kappa shape index (κ3) is 3.23. The fraction of sp³-hybridized carbons (Fsp3) is 1.00. The standard InChI is InChI=1S/C9H20N2O2/c1-13-7-6-11-4-2-9(12,8-10)3-5-11/h12H,2-8,10H2,1H3. The SMILES string of the molecule is COCCN1CCC(O)(CN)CC1. The van der Waals surface area contributed by atoms with Gasteiger partial charge in [0, 0.05) is 33.3 Å². The number of nitrogens with two attached hydrogens (primary N) is 1. The summed E-state index contributed by atoms with van der Waals surface area (Å²) in [7, 11) is 1.71. The van der Waals surface area contributed by atoms with Gasteiger partial charge in [-0.1, -0.05) is 0 Å². The van der Waals surface area contributed by atoms with E-state index in [1.54, 1.807) is 7.11 Å². The number of piperidine rings is 1. The van der Waals surface area contributed by atoms with Crippen LogP contribution in [0.15, 0.2) is 0 Å². The van der Waals surface area contributed by atoms with E-state index in [-0.39, 0.29) is 0 Å². The first-order valence-electron chi connectivity index (χ1n) is 4.84. The summed E-state index contributed by atoms with van der Waals surface area (Å²) in [5.41, 5.74) is 4.88. The van der Waals surface area contributed by atoms with E-state index >= 15 is 0 Å². The molecule has 1 heterocycles. The Morgan fingerprint density at radius 2 is 2.08 bits per heavy atom. The molecule has 4 heteroatoms. The minimum atomic E-state index is -0.608. The summed E-state index contributed by atoms with van der Waals surface area (Å²) in [6.07, 6.45) is 1.57. The lowest BCUT2D eigenvalue weighted by molar-refractivity contribution is -0.0176. The summed E-state index contributed by atoms with van der Waals surface area (Å²) in [4.78, 5) is 2.30. The Balaban J connectivity index is 2.22. The fourth-order valence-electron chi connectivity index (χ4n) is 1.62. The van der Waals surface area contributed by atoms with Crippen LogP contribution in [0.2, 0.25) is 0 Å². The van der Waals surface area contributed by atoms with E-state index in [4.69, 9.17) is 10.5 Å². The molecule has 0 aromatic carbocycles. The van der Waals surface area contributed by atoms with Gasteiger partial charge in [-0.3, -0.25) is 0 Å². The average molecular weight is 188 g/mol. The molecule has 0 bridgehead atoms. The molecule has 0 atom stereocenters. The lowest BCUT2D eigenvalue weighted by Crippen LogP contribution is -2.49. The van der Waals surface area contributed by atoms with Gasteiger partial charge in [0.25, 0.3) is 0 Å². The first-order valence-corrected chi connectivity index (χ1v) is 4.84. The lowest BCUT2D eigenvalue weighted by atomic mass is 9.92. The molecule has 0 aliphatic carbocycles. The normalized spacial score (nSPS) is 23.3. The van der Waals surface area contributed by atoms with Crippen molar-refractivity contribution < 1.29 is 9.84 Å². The summed E-state index contributed by atoms with van der Waals surface area (Å²) in [5, 5.41) is 9.84. The minimum Gasteiger partial charge on any atom is -0.388 e. The third-order valence-corrected chi connectivity index (χ3v) is 2.78. The predicted octanol–water partition coefficient (Wildman–Crippen LogP) is -0.582. The molecule has 1 aliphatic heterocycles. The Labute approximate surface area is 79.7 Å². The van der Waals surface area contributed by atoms with E-state index in [0.717, 1.165) is 39.1 Å². The van der Waals surface area contributed by atoms with Gasteiger partial charge in [-0.2, -0.15) is 0 Å². The van der Waals surface area contributed by atoms with Crippen LogP contribution in [0.3, 0.4) is 0 Å². The minimum absolute atomic E-state index is 0.380. The van der Waals surface area contributed by atoms with Crippen LogP contribution in [0.25, 0.3) is 0 Å². The molecule has 1 saturated heterocycles. The van der Waals surface area contributed by atoms with Gasteiger partial charge in [-0.25, -0.2) is 0 Å². The van der Waals surface area contributed by atoms with Gasteiger partial charge in [0.1, 0.15) is 0 Å². The average Bonchev–Trinajstić information content (AvgIpc) is 2.17. The van der Waals surface area contributed by atoms with Gasteiger partial charge < -0.3 is 20.5 Å². The molecule has 3 N–H and O–H groups in total. The van der Waals surface area contributed by atoms with Crippen molar-refractivity contribution in [2.75, 3.05) is 39.9 Å². The van der Waals surface area contributed by atoms with Crippen LogP contribution in [0.4, 0.5) is 0 Å². The van der Waals surface area contributed by atoms with Crippen LogP contribution in [0, 0.1) is 0 Å². The molecule has 0 saturated carbocycles. The molecule has 1 aliphatic rings. The summed E-state index contributed by atoms with van der Waals surface area (Å²) in [6, 6.07) is 0. The second-order valence-electron chi connectivity index (χ2n) is 3.76. The Bertz CT molecular complexity index is 145. The third-order valence-electron chi connectivity index (χ3n) is 2.78. The van der Waals surface area contributed by atoms with E-state index in [1.165, 1.54) is 0 Å². The van der Waals surface area contributed by atoms with Crippen molar-refractivity contribution >= 4 is 0 Å². The van der Waals surface area contributed by atoms with Gasteiger partial charge in [0.15, 0.2) is 0 Å². The lowest BCUT2D eigenvalue weighted by Gasteiger charge is -2.37. The van der Waals surface area contributed by atoms with Crippen molar-refractivity contribution in [3.05, 3.63) is 0 Å². The molecule has 0 unspecified atom stereocenters. The monoisotopic (exact) mass is 188 g/mol. The molecule has 1 rings (SSSR count). The maximum Gasteiger partial charge on any atom is 0.0793 e. The fourth-order valence-corrected chi connectivity index (χ4v) is 1.62. The van der Waals surface area contributed by atoms with E-state index in [9.17, 15) is 5.11 Å². The zero-order chi connectivity index (χ0) is 9.73. The highest BCUT2D eigenvalue weighted by atomic mass is 16.5. The van der Waals surface area contributed by atoms with E-state index in [1.807, 2.05) is 0 Å². The number of ether oxygens (including phenoxy) is 1. The number of aliphatic hydroxyl groups is 1. The number of hydrogen-bond acceptors (Lipinski definition) is 4. The molecule has 0 aromatic heterocycles. The largest absolute Gasteiger partial charge is 0.388 e. The van der Waals surface area contributed by atoms with Crippen LogP contribution in [-0.2, 0) is 4.74 Å². The van der Waals surface area contributed by atoms with Crippen molar-refractivity contribution in [3.8, 4) is 0 Å². The van der Waals surface area contributed by atoms with Crippen LogP contribution in [0.5, 0.6) is 0 Å². The highest BCUT2D eigenvalue weighted by Crippen LogP contribution is 2.20. The van der Waals surface area contributed by atoms with Crippen LogP contribution < -0.4 is 5.73 Å². The predicted molar refractivity (Wildman–Crippen MR) is 51.6 cm³/mol. The van der Waals surface area contributed by atoms with Crippen molar-refractivity contribution in [1.82, 2.24) is 4.90 Å². The summed E-state index contributed by atoms with van der Waals surface area (Å²) in [5.74, 6) is 0. The molecular weight excluding hydrogens is 168 g/mol. The zero-order valence-corrected chi connectivity index (χ0v) is 8.33. The van der Waals surface area contributed by atoms with Gasteiger partial charge in [0.05, 0.1) is 12.2 Å². The molecule has 0 spiro atoms. The van der Waals surface area contributed by atoms with Gasteiger partial charge in [-0.15, -0.1) is 0 Å². The Hall–Kier alpha value is -0.160. The second kappa shape index (κ2) is 4.91. The number of likely N-dealkylation sites (tertiary alicyclic amines) is 1. The first kappa shape index (κ1) is 10.9. The highest BCUT2D eigenvalue weighted by Gasteiger charge is 2.30. The number of rotatable bonds is 4. The van der Waals surface area contributed by atoms with Crippen LogP contribution in [0.1, 0.15) is 12.8 Å². The molecule has 4 nitrogen and oxygen atoms in total. The Morgan fingerprint density at radius 1 is 1.46 bits per heavy atom. The smallest absolute Gasteiger partial charge is 0.0793 e. The van der Waals surface area contributed by atoms with Gasteiger partial charge in [-0.05, 0) is 12.8 Å². The molecule has 13 heavy (non-hydrogen) atoms. The van der Waals surface area contributed by atoms with E-state index in [0.29, 0.717) is 6.54 Å².